The molecule has 6 heteroatoms. The van der Waals surface area contributed by atoms with Crippen LogP contribution in [0.25, 0.3) is 5.69 Å². The molecule has 1 amide bonds. The number of hydrogen-bond donors (Lipinski definition) is 1. The molecule has 0 atom stereocenters. The smallest absolute Gasteiger partial charge is 0.259 e. The lowest BCUT2D eigenvalue weighted by molar-refractivity contribution is 0.102. The predicted molar refractivity (Wildman–Crippen MR) is 101 cm³/mol. The molecular weight excluding hydrogens is 330 g/mol. The molecule has 0 aliphatic heterocycles. The number of aromatic nitrogens is 2. The summed E-state index contributed by atoms with van der Waals surface area (Å²) in [7, 11) is 3.05. The Kier molecular flexibility index (Phi) is 4.93. The van der Waals surface area contributed by atoms with Gasteiger partial charge in [0.25, 0.3) is 5.91 Å². The maximum absolute atomic E-state index is 12.7. The summed E-state index contributed by atoms with van der Waals surface area (Å²) in [5.41, 5.74) is 3.93. The van der Waals surface area contributed by atoms with Gasteiger partial charge in [0, 0.05) is 11.4 Å². The zero-order valence-corrected chi connectivity index (χ0v) is 15.2. The molecule has 3 aromatic rings. The minimum atomic E-state index is -0.272. The summed E-state index contributed by atoms with van der Waals surface area (Å²) in [4.78, 5) is 12.7. The third-order valence-corrected chi connectivity index (χ3v) is 4.01. The van der Waals surface area contributed by atoms with Crippen LogP contribution >= 0.6 is 0 Å². The van der Waals surface area contributed by atoms with Crippen molar-refractivity contribution in [1.82, 2.24) is 9.78 Å². The summed E-state index contributed by atoms with van der Waals surface area (Å²) in [6, 6.07) is 14.7. The molecule has 0 bridgehead atoms. The first kappa shape index (κ1) is 17.5. The monoisotopic (exact) mass is 351 g/mol. The van der Waals surface area contributed by atoms with Gasteiger partial charge in [-0.05, 0) is 50.2 Å². The van der Waals surface area contributed by atoms with E-state index in [-0.39, 0.29) is 5.91 Å². The number of para-hydroxylation sites is 1. The Balaban J connectivity index is 1.89. The molecule has 3 rings (SSSR count). The van der Waals surface area contributed by atoms with Crippen molar-refractivity contribution in [2.45, 2.75) is 13.8 Å². The normalized spacial score (nSPS) is 10.5. The van der Waals surface area contributed by atoms with Gasteiger partial charge in [0.05, 0.1) is 31.2 Å². The maximum atomic E-state index is 12.7. The largest absolute Gasteiger partial charge is 0.493 e. The van der Waals surface area contributed by atoms with Crippen LogP contribution in [0.1, 0.15) is 21.7 Å². The van der Waals surface area contributed by atoms with Gasteiger partial charge in [0.2, 0.25) is 0 Å². The van der Waals surface area contributed by atoms with Gasteiger partial charge < -0.3 is 14.8 Å². The number of benzene rings is 2. The van der Waals surface area contributed by atoms with Crippen molar-refractivity contribution in [2.75, 3.05) is 19.5 Å². The number of amides is 1. The van der Waals surface area contributed by atoms with Crippen molar-refractivity contribution >= 4 is 11.6 Å². The predicted octanol–water partition coefficient (Wildman–Crippen LogP) is 3.76. The van der Waals surface area contributed by atoms with Crippen molar-refractivity contribution in [1.29, 1.82) is 0 Å². The number of hydrogen-bond acceptors (Lipinski definition) is 4. The molecule has 26 heavy (non-hydrogen) atoms. The highest BCUT2D eigenvalue weighted by molar-refractivity contribution is 6.06. The summed E-state index contributed by atoms with van der Waals surface area (Å²) in [5, 5.41) is 7.38. The van der Waals surface area contributed by atoms with Crippen LogP contribution < -0.4 is 14.8 Å². The van der Waals surface area contributed by atoms with E-state index in [1.165, 1.54) is 14.2 Å². The second-order valence-corrected chi connectivity index (χ2v) is 5.88. The fourth-order valence-corrected chi connectivity index (χ4v) is 2.87. The number of anilines is 1. The summed E-state index contributed by atoms with van der Waals surface area (Å²) < 4.78 is 12.4. The third-order valence-electron chi connectivity index (χ3n) is 4.01. The lowest BCUT2D eigenvalue weighted by Crippen LogP contribution is -2.14. The first-order valence-corrected chi connectivity index (χ1v) is 8.19. The average Bonchev–Trinajstić information content (AvgIpc) is 2.99. The van der Waals surface area contributed by atoms with Gasteiger partial charge >= 0.3 is 0 Å². The first-order chi connectivity index (χ1) is 12.5. The zero-order valence-electron chi connectivity index (χ0n) is 15.2. The molecule has 2 aromatic carbocycles. The molecule has 0 spiro atoms. The van der Waals surface area contributed by atoms with Gasteiger partial charge in [-0.3, -0.25) is 4.79 Å². The highest BCUT2D eigenvalue weighted by Gasteiger charge is 2.16. The molecule has 0 radical (unpaired) electrons. The molecule has 1 heterocycles. The van der Waals surface area contributed by atoms with Gasteiger partial charge in [-0.15, -0.1) is 0 Å². The van der Waals surface area contributed by atoms with Crippen LogP contribution in [-0.2, 0) is 0 Å². The van der Waals surface area contributed by atoms with E-state index in [1.807, 2.05) is 48.9 Å². The molecule has 0 fully saturated rings. The van der Waals surface area contributed by atoms with Crippen LogP contribution in [0.3, 0.4) is 0 Å². The number of ether oxygens (including phenoxy) is 2. The van der Waals surface area contributed by atoms with Crippen LogP contribution in [0.15, 0.2) is 48.5 Å². The van der Waals surface area contributed by atoms with E-state index in [1.54, 1.807) is 18.2 Å². The second kappa shape index (κ2) is 7.31. The molecule has 0 aliphatic rings. The Labute approximate surface area is 152 Å². The minimum absolute atomic E-state index is 0.272. The molecule has 1 aromatic heterocycles. The van der Waals surface area contributed by atoms with E-state index in [2.05, 4.69) is 10.4 Å². The van der Waals surface area contributed by atoms with Gasteiger partial charge in [-0.2, -0.15) is 5.10 Å². The lowest BCUT2D eigenvalue weighted by Gasteiger charge is -2.13. The fourth-order valence-electron chi connectivity index (χ4n) is 2.87. The number of nitrogens with one attached hydrogen (secondary N) is 1. The van der Waals surface area contributed by atoms with Crippen LogP contribution in [0.2, 0.25) is 0 Å². The third kappa shape index (κ3) is 3.39. The molecule has 0 unspecified atom stereocenters. The maximum Gasteiger partial charge on any atom is 0.259 e. The quantitative estimate of drug-likeness (QED) is 0.760. The van der Waals surface area contributed by atoms with Crippen LogP contribution in [-0.4, -0.2) is 29.9 Å². The van der Waals surface area contributed by atoms with Crippen molar-refractivity contribution in [3.05, 3.63) is 65.5 Å². The van der Waals surface area contributed by atoms with Gasteiger partial charge in [-0.25, -0.2) is 4.68 Å². The Hall–Kier alpha value is -3.28. The van der Waals surface area contributed by atoms with E-state index < -0.39 is 0 Å². The molecule has 1 N–H and O–H groups in total. The Morgan fingerprint density at radius 1 is 1.04 bits per heavy atom. The van der Waals surface area contributed by atoms with Crippen LogP contribution in [0, 0.1) is 13.8 Å². The average molecular weight is 351 g/mol. The highest BCUT2D eigenvalue weighted by atomic mass is 16.5. The van der Waals surface area contributed by atoms with E-state index in [0.717, 1.165) is 17.1 Å². The number of carbonyl (C=O) groups is 1. The Morgan fingerprint density at radius 2 is 1.81 bits per heavy atom. The number of nitrogens with zero attached hydrogens (tertiary/aromatic N) is 2. The van der Waals surface area contributed by atoms with Crippen molar-refractivity contribution in [2.24, 2.45) is 0 Å². The highest BCUT2D eigenvalue weighted by Crippen LogP contribution is 2.31. The molecule has 134 valence electrons. The molecule has 6 nitrogen and oxygen atoms in total. The van der Waals surface area contributed by atoms with Gasteiger partial charge in [0.15, 0.2) is 11.5 Å². The Bertz CT molecular complexity index is 947. The van der Waals surface area contributed by atoms with E-state index >= 15 is 0 Å². The summed E-state index contributed by atoms with van der Waals surface area (Å²) in [6.07, 6.45) is 0. The summed E-state index contributed by atoms with van der Waals surface area (Å²) in [5.74, 6) is 0.644. The molecule has 0 aliphatic carbocycles. The van der Waals surface area contributed by atoms with Crippen molar-refractivity contribution in [3.63, 3.8) is 0 Å². The topological polar surface area (TPSA) is 65.4 Å². The Morgan fingerprint density at radius 3 is 2.46 bits per heavy atom. The van der Waals surface area contributed by atoms with E-state index in [0.29, 0.717) is 22.7 Å². The zero-order chi connectivity index (χ0) is 18.7. The molecular formula is C20H21N3O3. The fraction of sp³-hybridized carbons (Fsp3) is 0.200. The van der Waals surface area contributed by atoms with Crippen molar-refractivity contribution in [3.8, 4) is 17.2 Å². The minimum Gasteiger partial charge on any atom is -0.493 e. The van der Waals surface area contributed by atoms with Gasteiger partial charge in [0.1, 0.15) is 0 Å². The second-order valence-electron chi connectivity index (χ2n) is 5.88. The number of methoxy groups -OCH3 is 2. The van der Waals surface area contributed by atoms with E-state index in [9.17, 15) is 4.79 Å². The molecule has 0 saturated carbocycles. The summed E-state index contributed by atoms with van der Waals surface area (Å²) in [6.45, 7) is 3.94. The molecule has 0 saturated heterocycles. The number of aryl methyl sites for hydroxylation is 2. The lowest BCUT2D eigenvalue weighted by atomic mass is 10.1. The number of carbonyl (C=O) groups excluding carboxylic acids is 1. The van der Waals surface area contributed by atoms with Crippen LogP contribution in [0.4, 0.5) is 5.69 Å². The number of rotatable bonds is 5. The van der Waals surface area contributed by atoms with E-state index in [4.69, 9.17) is 9.47 Å². The SMILES string of the molecule is COc1cccc(C(=O)Nc2cccc(-n3nc(C)cc3C)c2)c1OC. The van der Waals surface area contributed by atoms with Gasteiger partial charge in [-0.1, -0.05) is 12.1 Å². The van der Waals surface area contributed by atoms with Crippen LogP contribution in [0.5, 0.6) is 11.5 Å². The first-order valence-electron chi connectivity index (χ1n) is 8.19. The summed E-state index contributed by atoms with van der Waals surface area (Å²) >= 11 is 0. The van der Waals surface area contributed by atoms with Crippen molar-refractivity contribution < 1.29 is 14.3 Å². The standard InChI is InChI=1S/C20H21N3O3/c1-13-11-14(2)23(22-13)16-8-5-7-15(12-16)21-20(24)17-9-6-10-18(25-3)19(17)26-4/h5-12H,1-4H3,(H,21,24).